The maximum absolute atomic E-state index is 12.5. The van der Waals surface area contributed by atoms with Crippen molar-refractivity contribution in [2.45, 2.75) is 31.4 Å². The Balaban J connectivity index is 0.00000243. The summed E-state index contributed by atoms with van der Waals surface area (Å²) in [5.74, 6) is 0.623. The van der Waals surface area contributed by atoms with Crippen LogP contribution < -0.4 is 10.5 Å². The van der Waals surface area contributed by atoms with E-state index in [2.05, 4.69) is 0 Å². The molecule has 0 saturated carbocycles. The first-order chi connectivity index (χ1) is 11.8. The predicted octanol–water partition coefficient (Wildman–Crippen LogP) is 1.08. The van der Waals surface area contributed by atoms with Gasteiger partial charge in [0.25, 0.3) is 5.91 Å². The number of sulfonamides is 1. The Morgan fingerprint density at radius 2 is 1.88 bits per heavy atom. The van der Waals surface area contributed by atoms with E-state index in [9.17, 15) is 13.2 Å². The molecule has 1 atom stereocenters. The van der Waals surface area contributed by atoms with E-state index in [0.717, 1.165) is 6.42 Å². The van der Waals surface area contributed by atoms with Gasteiger partial charge in [0.05, 0.1) is 6.26 Å². The Hall–Kier alpha value is -1.35. The lowest BCUT2D eigenvalue weighted by molar-refractivity contribution is 0.0789. The number of amides is 1. The van der Waals surface area contributed by atoms with Crippen molar-refractivity contribution in [3.8, 4) is 5.75 Å². The highest BCUT2D eigenvalue weighted by atomic mass is 35.5. The van der Waals surface area contributed by atoms with Gasteiger partial charge in [-0.3, -0.25) is 4.79 Å². The van der Waals surface area contributed by atoms with E-state index >= 15 is 0 Å². The summed E-state index contributed by atoms with van der Waals surface area (Å²) < 4.78 is 30.6. The first kappa shape index (κ1) is 21.0. The van der Waals surface area contributed by atoms with Gasteiger partial charge in [-0.15, -0.1) is 12.4 Å². The summed E-state index contributed by atoms with van der Waals surface area (Å²) in [4.78, 5) is 14.3. The number of rotatable bonds is 4. The van der Waals surface area contributed by atoms with Gasteiger partial charge in [0.2, 0.25) is 10.0 Å². The van der Waals surface area contributed by atoms with E-state index in [1.807, 2.05) is 12.1 Å². The van der Waals surface area contributed by atoms with Crippen molar-refractivity contribution in [1.29, 1.82) is 0 Å². The van der Waals surface area contributed by atoms with Gasteiger partial charge >= 0.3 is 0 Å². The number of hydrogen-bond donors (Lipinski definition) is 1. The zero-order chi connectivity index (χ0) is 18.0. The average Bonchev–Trinajstić information content (AvgIpc) is 3.00. The van der Waals surface area contributed by atoms with Crippen molar-refractivity contribution in [2.75, 3.05) is 32.4 Å². The molecule has 2 heterocycles. The quantitative estimate of drug-likeness (QED) is 0.812. The number of piperidine rings is 1. The molecule has 1 amide bonds. The molecule has 0 spiro atoms. The fourth-order valence-corrected chi connectivity index (χ4v) is 4.20. The Morgan fingerprint density at radius 3 is 2.46 bits per heavy atom. The summed E-state index contributed by atoms with van der Waals surface area (Å²) in [5, 5.41) is 0. The van der Waals surface area contributed by atoms with Crippen LogP contribution in [0.2, 0.25) is 0 Å². The predicted molar refractivity (Wildman–Crippen MR) is 102 cm³/mol. The van der Waals surface area contributed by atoms with Gasteiger partial charge in [-0.1, -0.05) is 6.07 Å². The standard InChI is InChI=1S/C17H25N3O4S.ClH/c1-25(22,23)20-9-6-15(7-10-20)24-16-4-2-3-13(11-16)17(21)19-8-5-14(18)12-19;/h2-4,11,14-15H,5-10,12,18H2,1H3;1H. The minimum atomic E-state index is -3.14. The number of carbonyl (C=O) groups is 1. The maximum Gasteiger partial charge on any atom is 0.254 e. The van der Waals surface area contributed by atoms with Gasteiger partial charge < -0.3 is 15.4 Å². The molecular weight excluding hydrogens is 378 g/mol. The second-order valence-electron chi connectivity index (χ2n) is 6.81. The molecule has 1 aromatic rings. The smallest absolute Gasteiger partial charge is 0.254 e. The molecule has 2 N–H and O–H groups in total. The van der Waals surface area contributed by atoms with Crippen molar-refractivity contribution in [1.82, 2.24) is 9.21 Å². The zero-order valence-electron chi connectivity index (χ0n) is 14.8. The van der Waals surface area contributed by atoms with Crippen molar-refractivity contribution in [2.24, 2.45) is 5.73 Å². The fourth-order valence-electron chi connectivity index (χ4n) is 3.33. The van der Waals surface area contributed by atoms with E-state index in [1.165, 1.54) is 10.6 Å². The van der Waals surface area contributed by atoms with Crippen LogP contribution in [0.4, 0.5) is 0 Å². The molecule has 0 aromatic heterocycles. The molecule has 1 aromatic carbocycles. The van der Waals surface area contributed by atoms with Gasteiger partial charge in [0.1, 0.15) is 11.9 Å². The lowest BCUT2D eigenvalue weighted by atomic mass is 10.1. The normalized spacial score (nSPS) is 22.1. The van der Waals surface area contributed by atoms with Crippen LogP contribution in [0.1, 0.15) is 29.6 Å². The minimum absolute atomic E-state index is 0. The average molecular weight is 404 g/mol. The molecule has 0 radical (unpaired) electrons. The van der Waals surface area contributed by atoms with Crippen molar-refractivity contribution < 1.29 is 17.9 Å². The molecule has 2 fully saturated rings. The molecule has 2 saturated heterocycles. The molecule has 2 aliphatic rings. The maximum atomic E-state index is 12.5. The molecule has 26 heavy (non-hydrogen) atoms. The van der Waals surface area contributed by atoms with Crippen LogP contribution in [-0.2, 0) is 10.0 Å². The van der Waals surface area contributed by atoms with Crippen LogP contribution in [0, 0.1) is 0 Å². The van der Waals surface area contributed by atoms with E-state index in [4.69, 9.17) is 10.5 Å². The van der Waals surface area contributed by atoms with Gasteiger partial charge in [-0.05, 0) is 37.5 Å². The summed E-state index contributed by atoms with van der Waals surface area (Å²) in [6.45, 7) is 2.21. The summed E-state index contributed by atoms with van der Waals surface area (Å²) in [7, 11) is -3.14. The van der Waals surface area contributed by atoms with E-state index in [1.54, 1.807) is 17.0 Å². The highest BCUT2D eigenvalue weighted by molar-refractivity contribution is 7.88. The van der Waals surface area contributed by atoms with Crippen LogP contribution in [0.25, 0.3) is 0 Å². The van der Waals surface area contributed by atoms with Crippen LogP contribution in [0.3, 0.4) is 0 Å². The monoisotopic (exact) mass is 403 g/mol. The van der Waals surface area contributed by atoms with Gasteiger partial charge in [-0.2, -0.15) is 0 Å². The molecular formula is C17H26ClN3O4S. The highest BCUT2D eigenvalue weighted by Gasteiger charge is 2.27. The van der Waals surface area contributed by atoms with Crippen molar-refractivity contribution in [3.63, 3.8) is 0 Å². The van der Waals surface area contributed by atoms with Gasteiger partial charge in [-0.25, -0.2) is 12.7 Å². The van der Waals surface area contributed by atoms with Crippen LogP contribution in [-0.4, -0.2) is 68.1 Å². The largest absolute Gasteiger partial charge is 0.490 e. The van der Waals surface area contributed by atoms with Crippen LogP contribution >= 0.6 is 12.4 Å². The first-order valence-corrected chi connectivity index (χ1v) is 10.4. The zero-order valence-corrected chi connectivity index (χ0v) is 16.5. The summed E-state index contributed by atoms with van der Waals surface area (Å²) in [6.07, 6.45) is 3.32. The third kappa shape index (κ3) is 5.09. The van der Waals surface area contributed by atoms with Gasteiger partial charge in [0, 0.05) is 37.8 Å². The minimum Gasteiger partial charge on any atom is -0.490 e. The SMILES string of the molecule is CS(=O)(=O)N1CCC(Oc2cccc(C(=O)N3CCC(N)C3)c2)CC1.Cl. The van der Waals surface area contributed by atoms with Crippen LogP contribution in [0.5, 0.6) is 5.75 Å². The number of hydrogen-bond acceptors (Lipinski definition) is 5. The molecule has 0 bridgehead atoms. The molecule has 146 valence electrons. The Labute approximate surface area is 160 Å². The van der Waals surface area contributed by atoms with E-state index in [-0.39, 0.29) is 30.5 Å². The second kappa shape index (κ2) is 8.56. The molecule has 9 heteroatoms. The van der Waals surface area contributed by atoms with Crippen molar-refractivity contribution >= 4 is 28.3 Å². The lowest BCUT2D eigenvalue weighted by Gasteiger charge is -2.30. The number of halogens is 1. The Kier molecular flexibility index (Phi) is 6.90. The second-order valence-corrected chi connectivity index (χ2v) is 8.79. The Bertz CT molecular complexity index is 735. The summed E-state index contributed by atoms with van der Waals surface area (Å²) in [6, 6.07) is 7.24. The molecule has 1 unspecified atom stereocenters. The molecule has 3 rings (SSSR count). The third-order valence-corrected chi connectivity index (χ3v) is 6.07. The number of nitrogens with zero attached hydrogens (tertiary/aromatic N) is 2. The summed E-state index contributed by atoms with van der Waals surface area (Å²) in [5.41, 5.74) is 6.47. The van der Waals surface area contributed by atoms with E-state index < -0.39 is 10.0 Å². The molecule has 7 nitrogen and oxygen atoms in total. The number of ether oxygens (including phenoxy) is 1. The molecule has 2 aliphatic heterocycles. The number of likely N-dealkylation sites (tertiary alicyclic amines) is 1. The topological polar surface area (TPSA) is 92.9 Å². The number of carbonyl (C=O) groups excluding carboxylic acids is 1. The fraction of sp³-hybridized carbons (Fsp3) is 0.588. The van der Waals surface area contributed by atoms with Crippen molar-refractivity contribution in [3.05, 3.63) is 29.8 Å². The Morgan fingerprint density at radius 1 is 1.19 bits per heavy atom. The lowest BCUT2D eigenvalue weighted by Crippen LogP contribution is -2.41. The highest BCUT2D eigenvalue weighted by Crippen LogP contribution is 2.22. The molecule has 0 aliphatic carbocycles. The van der Waals surface area contributed by atoms with E-state index in [0.29, 0.717) is 50.3 Å². The number of nitrogens with two attached hydrogens (primary N) is 1. The number of benzene rings is 1. The van der Waals surface area contributed by atoms with Gasteiger partial charge in [0.15, 0.2) is 0 Å². The third-order valence-electron chi connectivity index (χ3n) is 4.77. The summed E-state index contributed by atoms with van der Waals surface area (Å²) >= 11 is 0. The first-order valence-electron chi connectivity index (χ1n) is 8.59. The van der Waals surface area contributed by atoms with Crippen LogP contribution in [0.15, 0.2) is 24.3 Å².